The molecule has 0 radical (unpaired) electrons. The summed E-state index contributed by atoms with van der Waals surface area (Å²) in [7, 11) is 0. The molecule has 0 spiro atoms. The molecule has 1 aromatic heterocycles. The zero-order chi connectivity index (χ0) is 13.8. The highest BCUT2D eigenvalue weighted by Crippen LogP contribution is 2.29. The second-order valence-electron chi connectivity index (χ2n) is 3.72. The summed E-state index contributed by atoms with van der Waals surface area (Å²) in [6.45, 7) is 4.00. The third kappa shape index (κ3) is 2.57. The lowest BCUT2D eigenvalue weighted by Gasteiger charge is -1.97. The average Bonchev–Trinajstić information content (AvgIpc) is 2.85. The molecule has 3 nitrogen and oxygen atoms in total. The number of phenols is 1. The van der Waals surface area contributed by atoms with Crippen molar-refractivity contribution in [1.82, 2.24) is 5.16 Å². The van der Waals surface area contributed by atoms with E-state index in [1.807, 2.05) is 13.8 Å². The van der Waals surface area contributed by atoms with Crippen LogP contribution < -0.4 is 0 Å². The van der Waals surface area contributed by atoms with Gasteiger partial charge in [0, 0.05) is 17.0 Å². The fourth-order valence-electron chi connectivity index (χ4n) is 1.74. The topological polar surface area (TPSA) is 46.3 Å². The first-order valence-corrected chi connectivity index (χ1v) is 6.08. The first kappa shape index (κ1) is 13.1. The highest BCUT2D eigenvalue weighted by Gasteiger charge is 2.10. The predicted molar refractivity (Wildman–Crippen MR) is 72.4 cm³/mol. The Morgan fingerprint density at radius 3 is 2.42 bits per heavy atom. The van der Waals surface area contributed by atoms with Crippen LogP contribution in [-0.2, 0) is 0 Å². The molecule has 0 unspecified atom stereocenters. The summed E-state index contributed by atoms with van der Waals surface area (Å²) in [6.07, 6.45) is 0. The molecule has 0 aliphatic heterocycles. The molecule has 0 amide bonds. The van der Waals surface area contributed by atoms with E-state index in [4.69, 9.17) is 4.52 Å². The number of hydrogen-bond acceptors (Lipinski definition) is 3. The van der Waals surface area contributed by atoms with E-state index in [9.17, 15) is 9.50 Å². The van der Waals surface area contributed by atoms with Gasteiger partial charge in [-0.25, -0.2) is 4.39 Å². The van der Waals surface area contributed by atoms with Gasteiger partial charge in [0.15, 0.2) is 5.58 Å². The fourth-order valence-corrected chi connectivity index (χ4v) is 1.74. The van der Waals surface area contributed by atoms with Crippen molar-refractivity contribution in [2.24, 2.45) is 0 Å². The number of nitrogens with zero attached hydrogens (tertiary/aromatic N) is 1. The number of hydrogen-bond donors (Lipinski definition) is 1. The third-order valence-corrected chi connectivity index (χ3v) is 2.57. The highest BCUT2D eigenvalue weighted by molar-refractivity contribution is 5.91. The first-order valence-electron chi connectivity index (χ1n) is 6.08. The largest absolute Gasteiger partial charge is 0.508 e. The SMILES string of the molecule is CC.Oc1ccc(-c2noc3cc(F)ccc23)cc1. The van der Waals surface area contributed by atoms with Gasteiger partial charge in [0.1, 0.15) is 17.3 Å². The molecule has 0 saturated carbocycles. The number of rotatable bonds is 1. The number of benzene rings is 2. The molecule has 0 atom stereocenters. The van der Waals surface area contributed by atoms with E-state index in [2.05, 4.69) is 5.16 Å². The van der Waals surface area contributed by atoms with Crippen molar-refractivity contribution in [1.29, 1.82) is 0 Å². The number of fused-ring (bicyclic) bond motifs is 1. The van der Waals surface area contributed by atoms with E-state index in [0.717, 1.165) is 10.9 Å². The van der Waals surface area contributed by atoms with Gasteiger partial charge in [0.25, 0.3) is 0 Å². The second kappa shape index (κ2) is 5.52. The lowest BCUT2D eigenvalue weighted by atomic mass is 10.1. The minimum absolute atomic E-state index is 0.188. The van der Waals surface area contributed by atoms with Gasteiger partial charge in [-0.1, -0.05) is 19.0 Å². The van der Waals surface area contributed by atoms with Crippen molar-refractivity contribution >= 4 is 11.0 Å². The molecule has 0 saturated heterocycles. The third-order valence-electron chi connectivity index (χ3n) is 2.57. The zero-order valence-corrected chi connectivity index (χ0v) is 10.7. The zero-order valence-electron chi connectivity index (χ0n) is 10.7. The van der Waals surface area contributed by atoms with Gasteiger partial charge in [0.2, 0.25) is 0 Å². The molecule has 0 bridgehead atoms. The molecular formula is C15H14FNO2. The van der Waals surface area contributed by atoms with Crippen LogP contribution in [0.4, 0.5) is 4.39 Å². The molecule has 2 aromatic carbocycles. The van der Waals surface area contributed by atoms with Crippen molar-refractivity contribution in [3.8, 4) is 17.0 Å². The van der Waals surface area contributed by atoms with Gasteiger partial charge < -0.3 is 9.63 Å². The summed E-state index contributed by atoms with van der Waals surface area (Å²) in [4.78, 5) is 0. The van der Waals surface area contributed by atoms with Crippen LogP contribution in [0.3, 0.4) is 0 Å². The van der Waals surface area contributed by atoms with Crippen LogP contribution >= 0.6 is 0 Å². The van der Waals surface area contributed by atoms with Gasteiger partial charge in [-0.3, -0.25) is 0 Å². The Morgan fingerprint density at radius 1 is 1.05 bits per heavy atom. The van der Waals surface area contributed by atoms with Crippen LogP contribution in [-0.4, -0.2) is 10.3 Å². The Morgan fingerprint density at radius 2 is 1.74 bits per heavy atom. The van der Waals surface area contributed by atoms with Crippen molar-refractivity contribution in [2.45, 2.75) is 13.8 Å². The Bertz CT molecular complexity index is 674. The number of aromatic nitrogens is 1. The van der Waals surface area contributed by atoms with Crippen molar-refractivity contribution < 1.29 is 14.0 Å². The monoisotopic (exact) mass is 259 g/mol. The van der Waals surface area contributed by atoms with Crippen LogP contribution in [0.1, 0.15) is 13.8 Å². The Labute approximate surface area is 110 Å². The Hall–Kier alpha value is -2.36. The molecule has 98 valence electrons. The quantitative estimate of drug-likeness (QED) is 0.706. The molecule has 19 heavy (non-hydrogen) atoms. The van der Waals surface area contributed by atoms with E-state index >= 15 is 0 Å². The van der Waals surface area contributed by atoms with E-state index in [1.165, 1.54) is 12.1 Å². The standard InChI is InChI=1S/C13H8FNO2.C2H6/c14-9-3-6-11-12(7-9)17-15-13(11)8-1-4-10(16)5-2-8;1-2/h1-7,16H;1-2H3. The molecule has 3 rings (SSSR count). The molecule has 4 heteroatoms. The minimum atomic E-state index is -0.356. The highest BCUT2D eigenvalue weighted by atomic mass is 19.1. The first-order chi connectivity index (χ1) is 9.24. The summed E-state index contributed by atoms with van der Waals surface area (Å²) in [5.41, 5.74) is 1.86. The lowest BCUT2D eigenvalue weighted by Crippen LogP contribution is -1.78. The van der Waals surface area contributed by atoms with E-state index in [1.54, 1.807) is 30.3 Å². The maximum atomic E-state index is 13.0. The maximum absolute atomic E-state index is 13.0. The summed E-state index contributed by atoms with van der Waals surface area (Å²) < 4.78 is 18.0. The summed E-state index contributed by atoms with van der Waals surface area (Å²) in [6, 6.07) is 10.9. The Balaban J connectivity index is 0.000000637. The molecule has 0 aliphatic carbocycles. The fraction of sp³-hybridized carbons (Fsp3) is 0.133. The van der Waals surface area contributed by atoms with Crippen LogP contribution in [0.25, 0.3) is 22.2 Å². The Kier molecular flexibility index (Phi) is 3.80. The van der Waals surface area contributed by atoms with Gasteiger partial charge in [-0.15, -0.1) is 0 Å². The average molecular weight is 259 g/mol. The van der Waals surface area contributed by atoms with E-state index in [-0.39, 0.29) is 11.6 Å². The molecular weight excluding hydrogens is 245 g/mol. The number of phenolic OH excluding ortho intramolecular Hbond substituents is 1. The van der Waals surface area contributed by atoms with Crippen LogP contribution in [0.2, 0.25) is 0 Å². The van der Waals surface area contributed by atoms with Crippen molar-refractivity contribution in [3.05, 3.63) is 48.3 Å². The molecule has 0 fully saturated rings. The van der Waals surface area contributed by atoms with Crippen LogP contribution in [0.15, 0.2) is 47.0 Å². The van der Waals surface area contributed by atoms with Crippen LogP contribution in [0, 0.1) is 5.82 Å². The maximum Gasteiger partial charge on any atom is 0.170 e. The summed E-state index contributed by atoms with van der Waals surface area (Å²) >= 11 is 0. The molecule has 0 aliphatic rings. The smallest absolute Gasteiger partial charge is 0.170 e. The number of aromatic hydroxyl groups is 1. The van der Waals surface area contributed by atoms with Crippen molar-refractivity contribution in [3.63, 3.8) is 0 Å². The molecule has 1 N–H and O–H groups in total. The van der Waals surface area contributed by atoms with Gasteiger partial charge in [-0.05, 0) is 36.4 Å². The predicted octanol–water partition coefficient (Wildman–Crippen LogP) is 4.37. The molecule has 3 aromatic rings. The number of halogens is 1. The minimum Gasteiger partial charge on any atom is -0.508 e. The van der Waals surface area contributed by atoms with E-state index in [0.29, 0.717) is 11.3 Å². The van der Waals surface area contributed by atoms with Gasteiger partial charge in [-0.2, -0.15) is 0 Å². The summed E-state index contributed by atoms with van der Waals surface area (Å²) in [5.74, 6) is -0.168. The van der Waals surface area contributed by atoms with E-state index < -0.39 is 0 Å². The van der Waals surface area contributed by atoms with Gasteiger partial charge >= 0.3 is 0 Å². The van der Waals surface area contributed by atoms with Crippen LogP contribution in [0.5, 0.6) is 5.75 Å². The molecule has 1 heterocycles. The summed E-state index contributed by atoms with van der Waals surface area (Å²) in [5, 5.41) is 13.9. The normalized spacial score (nSPS) is 10.1. The second-order valence-corrected chi connectivity index (χ2v) is 3.72. The van der Waals surface area contributed by atoms with Gasteiger partial charge in [0.05, 0.1) is 0 Å². The lowest BCUT2D eigenvalue weighted by molar-refractivity contribution is 0.457. The van der Waals surface area contributed by atoms with Crippen molar-refractivity contribution in [2.75, 3.05) is 0 Å².